The first-order valence-electron chi connectivity index (χ1n) is 7.94. The van der Waals surface area contributed by atoms with Crippen LogP contribution in [0.3, 0.4) is 0 Å². The van der Waals surface area contributed by atoms with Crippen LogP contribution in [0.2, 0.25) is 0 Å². The summed E-state index contributed by atoms with van der Waals surface area (Å²) in [6.45, 7) is 6.67. The molecule has 1 atom stereocenters. The van der Waals surface area contributed by atoms with E-state index in [9.17, 15) is 0 Å². The highest BCUT2D eigenvalue weighted by atomic mass is 32.1. The Hall–Kier alpha value is -1.89. The van der Waals surface area contributed by atoms with Crippen LogP contribution in [0.1, 0.15) is 24.5 Å². The van der Waals surface area contributed by atoms with Crippen LogP contribution in [0.4, 0.5) is 0 Å². The molecule has 0 saturated carbocycles. The summed E-state index contributed by atoms with van der Waals surface area (Å²) < 4.78 is 1.79. The highest BCUT2D eigenvalue weighted by Gasteiger charge is 2.11. The van der Waals surface area contributed by atoms with Crippen molar-refractivity contribution in [2.24, 2.45) is 18.0 Å². The first kappa shape index (κ1) is 17.5. The second-order valence-electron chi connectivity index (χ2n) is 5.74. The number of aryl methyl sites for hydroxylation is 1. The van der Waals surface area contributed by atoms with Gasteiger partial charge in [0.25, 0.3) is 0 Å². The van der Waals surface area contributed by atoms with Crippen molar-refractivity contribution < 1.29 is 0 Å². The molecule has 7 heteroatoms. The zero-order valence-electron chi connectivity index (χ0n) is 14.4. The average Bonchev–Trinajstić information content (AvgIpc) is 3.16. The second kappa shape index (κ2) is 8.67. The molecule has 126 valence electrons. The van der Waals surface area contributed by atoms with Crippen molar-refractivity contribution in [2.75, 3.05) is 20.1 Å². The fourth-order valence-electron chi connectivity index (χ4n) is 2.30. The van der Waals surface area contributed by atoms with Crippen LogP contribution in [-0.2, 0) is 20.0 Å². The third-order valence-corrected chi connectivity index (χ3v) is 4.46. The molecule has 1 N–H and O–H groups in total. The number of hydrogen-bond donors (Lipinski definition) is 1. The molecule has 2 rings (SSSR count). The molecule has 1 unspecified atom stereocenters. The number of nitrogens with one attached hydrogen (secondary N) is 1. The van der Waals surface area contributed by atoms with Crippen molar-refractivity contribution in [2.45, 2.75) is 26.8 Å². The maximum absolute atomic E-state index is 4.78. The van der Waals surface area contributed by atoms with Crippen LogP contribution < -0.4 is 5.32 Å². The van der Waals surface area contributed by atoms with Crippen molar-refractivity contribution in [1.29, 1.82) is 0 Å². The summed E-state index contributed by atoms with van der Waals surface area (Å²) in [6.07, 6.45) is 2.66. The zero-order valence-corrected chi connectivity index (χ0v) is 15.2. The van der Waals surface area contributed by atoms with Crippen molar-refractivity contribution in [1.82, 2.24) is 25.0 Å². The molecular formula is C16H26N6S. The number of hydrogen-bond acceptors (Lipinski definition) is 4. The predicted octanol–water partition coefficient (Wildman–Crippen LogP) is 2.15. The maximum atomic E-state index is 4.78. The number of aromatic nitrogens is 3. The quantitative estimate of drug-likeness (QED) is 0.623. The van der Waals surface area contributed by atoms with Gasteiger partial charge in [-0.3, -0.25) is 9.67 Å². The Labute approximate surface area is 142 Å². The van der Waals surface area contributed by atoms with E-state index in [1.807, 2.05) is 25.4 Å². The predicted molar refractivity (Wildman–Crippen MR) is 95.6 cm³/mol. The molecule has 0 amide bonds. The lowest BCUT2D eigenvalue weighted by atomic mass is 10.1. The molecule has 0 bridgehead atoms. The van der Waals surface area contributed by atoms with Crippen molar-refractivity contribution in [3.63, 3.8) is 0 Å². The summed E-state index contributed by atoms with van der Waals surface area (Å²) in [5.41, 5.74) is 0. The molecular weight excluding hydrogens is 308 g/mol. The van der Waals surface area contributed by atoms with Gasteiger partial charge in [-0.25, -0.2) is 4.98 Å². The number of thiophene rings is 1. The molecule has 0 aliphatic rings. The van der Waals surface area contributed by atoms with Gasteiger partial charge in [0, 0.05) is 32.1 Å². The topological polar surface area (TPSA) is 58.3 Å². The summed E-state index contributed by atoms with van der Waals surface area (Å²) in [5, 5.41) is 9.59. The molecule has 2 heterocycles. The van der Waals surface area contributed by atoms with Gasteiger partial charge in [0.2, 0.25) is 0 Å². The van der Waals surface area contributed by atoms with E-state index in [0.717, 1.165) is 31.3 Å². The summed E-state index contributed by atoms with van der Waals surface area (Å²) in [7, 11) is 3.93. The summed E-state index contributed by atoms with van der Waals surface area (Å²) in [4.78, 5) is 12.6. The van der Waals surface area contributed by atoms with Crippen molar-refractivity contribution in [3.05, 3.63) is 34.5 Å². The third kappa shape index (κ3) is 5.35. The van der Waals surface area contributed by atoms with Crippen LogP contribution in [0.25, 0.3) is 0 Å². The minimum Gasteiger partial charge on any atom is -0.357 e. The molecule has 0 saturated heterocycles. The van der Waals surface area contributed by atoms with Crippen LogP contribution in [-0.4, -0.2) is 45.8 Å². The number of aliphatic imine (C=N–C) groups is 1. The fourth-order valence-corrected chi connectivity index (χ4v) is 3.17. The lowest BCUT2D eigenvalue weighted by molar-refractivity contribution is 0.445. The van der Waals surface area contributed by atoms with E-state index >= 15 is 0 Å². The smallest absolute Gasteiger partial charge is 0.194 e. The van der Waals surface area contributed by atoms with E-state index in [-0.39, 0.29) is 0 Å². The van der Waals surface area contributed by atoms with Crippen molar-refractivity contribution in [3.8, 4) is 0 Å². The average molecular weight is 334 g/mol. The number of guanidine groups is 1. The molecule has 0 fully saturated rings. The van der Waals surface area contributed by atoms with Gasteiger partial charge in [0.05, 0.1) is 6.54 Å². The minimum absolute atomic E-state index is 0.519. The molecule has 2 aromatic heterocycles. The number of rotatable bonds is 7. The van der Waals surface area contributed by atoms with E-state index < -0.39 is 0 Å². The SMILES string of the molecule is CCNC(=NCC(C)Cc1cccs1)N(C)Cc1ncnn1C. The van der Waals surface area contributed by atoms with Gasteiger partial charge in [0.15, 0.2) is 5.96 Å². The van der Waals surface area contributed by atoms with Crippen LogP contribution in [0, 0.1) is 5.92 Å². The Bertz CT molecular complexity index is 604. The molecule has 6 nitrogen and oxygen atoms in total. The van der Waals surface area contributed by atoms with Gasteiger partial charge in [-0.15, -0.1) is 11.3 Å². The minimum atomic E-state index is 0.519. The number of nitrogens with zero attached hydrogens (tertiary/aromatic N) is 5. The summed E-state index contributed by atoms with van der Waals surface area (Å²) in [5.74, 6) is 2.35. The molecule has 0 aliphatic heterocycles. The van der Waals surface area contributed by atoms with Crippen LogP contribution in [0.5, 0.6) is 0 Å². The first-order chi connectivity index (χ1) is 11.1. The highest BCUT2D eigenvalue weighted by molar-refractivity contribution is 7.09. The van der Waals surface area contributed by atoms with Crippen LogP contribution in [0.15, 0.2) is 28.8 Å². The summed E-state index contributed by atoms with van der Waals surface area (Å²) >= 11 is 1.81. The van der Waals surface area contributed by atoms with E-state index in [1.165, 1.54) is 4.88 Å². The molecule has 0 aliphatic carbocycles. The third-order valence-electron chi connectivity index (χ3n) is 3.56. The van der Waals surface area contributed by atoms with Crippen LogP contribution >= 0.6 is 11.3 Å². The van der Waals surface area contributed by atoms with Gasteiger partial charge in [-0.2, -0.15) is 5.10 Å². The fraction of sp³-hybridized carbons (Fsp3) is 0.562. The van der Waals surface area contributed by atoms with E-state index in [2.05, 4.69) is 51.7 Å². The molecule has 0 aromatic carbocycles. The van der Waals surface area contributed by atoms with Gasteiger partial charge in [0.1, 0.15) is 12.2 Å². The Morgan fingerprint density at radius 1 is 1.52 bits per heavy atom. The maximum Gasteiger partial charge on any atom is 0.194 e. The largest absolute Gasteiger partial charge is 0.357 e. The van der Waals surface area contributed by atoms with Gasteiger partial charge in [-0.1, -0.05) is 13.0 Å². The van der Waals surface area contributed by atoms with Crippen molar-refractivity contribution >= 4 is 17.3 Å². The molecule has 0 spiro atoms. The summed E-state index contributed by atoms with van der Waals surface area (Å²) in [6, 6.07) is 4.30. The Kier molecular flexibility index (Phi) is 6.58. The van der Waals surface area contributed by atoms with Gasteiger partial charge in [-0.05, 0) is 30.7 Å². The second-order valence-corrected chi connectivity index (χ2v) is 6.77. The molecule has 2 aromatic rings. The van der Waals surface area contributed by atoms with E-state index in [1.54, 1.807) is 11.0 Å². The lowest BCUT2D eigenvalue weighted by Gasteiger charge is -2.22. The monoisotopic (exact) mass is 334 g/mol. The Morgan fingerprint density at radius 2 is 2.35 bits per heavy atom. The molecule has 23 heavy (non-hydrogen) atoms. The lowest BCUT2D eigenvalue weighted by Crippen LogP contribution is -2.39. The highest BCUT2D eigenvalue weighted by Crippen LogP contribution is 2.14. The van der Waals surface area contributed by atoms with Gasteiger partial charge < -0.3 is 10.2 Å². The van der Waals surface area contributed by atoms with E-state index in [4.69, 9.17) is 4.99 Å². The van der Waals surface area contributed by atoms with Gasteiger partial charge >= 0.3 is 0 Å². The Balaban J connectivity index is 1.94. The standard InChI is InChI=1S/C16H26N6S/c1-5-17-16(21(3)11-15-19-12-20-22(15)4)18-10-13(2)9-14-7-6-8-23-14/h6-8,12-13H,5,9-11H2,1-4H3,(H,17,18). The Morgan fingerprint density at radius 3 is 2.96 bits per heavy atom. The zero-order chi connectivity index (χ0) is 16.7. The normalized spacial score (nSPS) is 13.1. The molecule has 0 radical (unpaired) electrons. The van der Waals surface area contributed by atoms with E-state index in [0.29, 0.717) is 12.5 Å². The first-order valence-corrected chi connectivity index (χ1v) is 8.82.